The third kappa shape index (κ3) is 3.16. The second kappa shape index (κ2) is 6.51. The van der Waals surface area contributed by atoms with Gasteiger partial charge < -0.3 is 5.32 Å². The first-order valence-corrected chi connectivity index (χ1v) is 7.24. The van der Waals surface area contributed by atoms with E-state index in [-0.39, 0.29) is 10.8 Å². The van der Waals surface area contributed by atoms with E-state index in [2.05, 4.69) is 21.2 Å². The zero-order chi connectivity index (χ0) is 13.8. The van der Waals surface area contributed by atoms with Gasteiger partial charge >= 0.3 is 0 Å². The van der Waals surface area contributed by atoms with Gasteiger partial charge in [-0.15, -0.1) is 0 Å². The summed E-state index contributed by atoms with van der Waals surface area (Å²) in [6, 6.07) is 11.3. The van der Waals surface area contributed by atoms with Gasteiger partial charge in [0, 0.05) is 16.6 Å². The molecule has 2 aromatic rings. The van der Waals surface area contributed by atoms with E-state index in [1.807, 2.05) is 31.2 Å². The number of halogens is 3. The molecule has 0 saturated heterocycles. The van der Waals surface area contributed by atoms with Crippen LogP contribution in [0.25, 0.3) is 11.1 Å². The SMILES string of the molecule is CCNCc1ccccc1-c1ccc(Br)c(Cl)c1F. The molecule has 0 atom stereocenters. The van der Waals surface area contributed by atoms with E-state index in [0.717, 1.165) is 17.7 Å². The second-order valence-electron chi connectivity index (χ2n) is 4.16. The van der Waals surface area contributed by atoms with Gasteiger partial charge in [0.05, 0.1) is 5.02 Å². The van der Waals surface area contributed by atoms with Crippen LogP contribution in [-0.2, 0) is 6.54 Å². The van der Waals surface area contributed by atoms with Crippen molar-refractivity contribution in [1.82, 2.24) is 5.32 Å². The number of rotatable bonds is 4. The topological polar surface area (TPSA) is 12.0 Å². The van der Waals surface area contributed by atoms with Crippen LogP contribution >= 0.6 is 27.5 Å². The Balaban J connectivity index is 2.50. The van der Waals surface area contributed by atoms with Crippen LogP contribution in [0.2, 0.25) is 5.02 Å². The average molecular weight is 343 g/mol. The number of hydrogen-bond donors (Lipinski definition) is 1. The molecule has 0 amide bonds. The molecule has 0 aliphatic heterocycles. The second-order valence-corrected chi connectivity index (χ2v) is 5.39. The van der Waals surface area contributed by atoms with Crippen LogP contribution in [0, 0.1) is 5.82 Å². The van der Waals surface area contributed by atoms with Crippen molar-refractivity contribution < 1.29 is 4.39 Å². The van der Waals surface area contributed by atoms with Crippen molar-refractivity contribution in [3.8, 4) is 11.1 Å². The molecule has 0 aliphatic rings. The fourth-order valence-electron chi connectivity index (χ4n) is 1.93. The maximum absolute atomic E-state index is 14.3. The fourth-order valence-corrected chi connectivity index (χ4v) is 2.40. The van der Waals surface area contributed by atoms with Crippen LogP contribution in [-0.4, -0.2) is 6.54 Å². The fraction of sp³-hybridized carbons (Fsp3) is 0.200. The Labute approximate surface area is 125 Å². The molecule has 0 fully saturated rings. The quantitative estimate of drug-likeness (QED) is 0.769. The smallest absolute Gasteiger partial charge is 0.150 e. The van der Waals surface area contributed by atoms with Gasteiger partial charge in [0.2, 0.25) is 0 Å². The first kappa shape index (κ1) is 14.5. The van der Waals surface area contributed by atoms with Gasteiger partial charge in [-0.05, 0) is 39.7 Å². The Morgan fingerprint density at radius 1 is 1.16 bits per heavy atom. The molecule has 0 unspecified atom stereocenters. The summed E-state index contributed by atoms with van der Waals surface area (Å²) in [5, 5.41) is 3.38. The van der Waals surface area contributed by atoms with Gasteiger partial charge in [-0.25, -0.2) is 4.39 Å². The number of benzene rings is 2. The van der Waals surface area contributed by atoms with Crippen LogP contribution in [0.5, 0.6) is 0 Å². The van der Waals surface area contributed by atoms with Crippen molar-refractivity contribution in [2.24, 2.45) is 0 Å². The minimum Gasteiger partial charge on any atom is -0.313 e. The van der Waals surface area contributed by atoms with Crippen molar-refractivity contribution in [2.45, 2.75) is 13.5 Å². The summed E-state index contributed by atoms with van der Waals surface area (Å²) in [6.45, 7) is 3.62. The van der Waals surface area contributed by atoms with Gasteiger partial charge in [0.25, 0.3) is 0 Å². The van der Waals surface area contributed by atoms with Crippen molar-refractivity contribution in [1.29, 1.82) is 0 Å². The molecule has 0 aromatic heterocycles. The molecule has 2 rings (SSSR count). The zero-order valence-electron chi connectivity index (χ0n) is 10.5. The van der Waals surface area contributed by atoms with E-state index in [1.165, 1.54) is 0 Å². The van der Waals surface area contributed by atoms with Crippen LogP contribution in [0.15, 0.2) is 40.9 Å². The summed E-state index contributed by atoms with van der Waals surface area (Å²) in [6.07, 6.45) is 0. The lowest BCUT2D eigenvalue weighted by Crippen LogP contribution is -2.12. The zero-order valence-corrected chi connectivity index (χ0v) is 12.9. The van der Waals surface area contributed by atoms with Gasteiger partial charge in [-0.1, -0.05) is 48.9 Å². The lowest BCUT2D eigenvalue weighted by Gasteiger charge is -2.12. The molecule has 1 N–H and O–H groups in total. The molecular weight excluding hydrogens is 329 g/mol. The van der Waals surface area contributed by atoms with E-state index in [0.29, 0.717) is 16.6 Å². The molecular formula is C15H14BrClFN. The van der Waals surface area contributed by atoms with Crippen LogP contribution < -0.4 is 5.32 Å². The summed E-state index contributed by atoms with van der Waals surface area (Å²) >= 11 is 9.18. The summed E-state index contributed by atoms with van der Waals surface area (Å²) in [7, 11) is 0. The average Bonchev–Trinajstić information content (AvgIpc) is 2.43. The van der Waals surface area contributed by atoms with Crippen molar-refractivity contribution in [2.75, 3.05) is 6.54 Å². The standard InChI is InChI=1S/C15H14BrClFN/c1-2-19-9-10-5-3-4-6-11(10)12-7-8-13(16)14(17)15(12)18/h3-8,19H,2,9H2,1H3. The van der Waals surface area contributed by atoms with E-state index in [9.17, 15) is 4.39 Å². The number of hydrogen-bond acceptors (Lipinski definition) is 1. The minimum atomic E-state index is -0.389. The molecule has 0 aliphatic carbocycles. The first-order chi connectivity index (χ1) is 9.15. The molecule has 19 heavy (non-hydrogen) atoms. The Hall–Kier alpha value is -0.900. The molecule has 0 radical (unpaired) electrons. The normalized spacial score (nSPS) is 10.7. The van der Waals surface area contributed by atoms with Gasteiger partial charge in [0.1, 0.15) is 0 Å². The summed E-state index contributed by atoms with van der Waals surface area (Å²) in [5.41, 5.74) is 2.46. The van der Waals surface area contributed by atoms with Gasteiger partial charge in [-0.3, -0.25) is 0 Å². The third-order valence-corrected chi connectivity index (χ3v) is 4.17. The van der Waals surface area contributed by atoms with Gasteiger partial charge in [0.15, 0.2) is 5.82 Å². The first-order valence-electron chi connectivity index (χ1n) is 6.07. The Bertz CT molecular complexity index is 586. The van der Waals surface area contributed by atoms with Crippen LogP contribution in [0.4, 0.5) is 4.39 Å². The molecule has 4 heteroatoms. The van der Waals surface area contributed by atoms with Crippen molar-refractivity contribution in [3.05, 3.63) is 57.3 Å². The maximum Gasteiger partial charge on any atom is 0.150 e. The molecule has 100 valence electrons. The van der Waals surface area contributed by atoms with Crippen LogP contribution in [0.1, 0.15) is 12.5 Å². The monoisotopic (exact) mass is 341 g/mol. The van der Waals surface area contributed by atoms with E-state index >= 15 is 0 Å². The van der Waals surface area contributed by atoms with E-state index < -0.39 is 0 Å². The highest BCUT2D eigenvalue weighted by molar-refractivity contribution is 9.10. The highest BCUT2D eigenvalue weighted by Crippen LogP contribution is 2.34. The summed E-state index contributed by atoms with van der Waals surface area (Å²) < 4.78 is 14.8. The molecule has 0 heterocycles. The Morgan fingerprint density at radius 3 is 2.63 bits per heavy atom. The largest absolute Gasteiger partial charge is 0.313 e. The maximum atomic E-state index is 14.3. The predicted octanol–water partition coefficient (Wildman–Crippen LogP) is 5.02. The molecule has 2 aromatic carbocycles. The van der Waals surface area contributed by atoms with Crippen molar-refractivity contribution in [3.63, 3.8) is 0 Å². The highest BCUT2D eigenvalue weighted by Gasteiger charge is 2.14. The highest BCUT2D eigenvalue weighted by atomic mass is 79.9. The molecule has 0 spiro atoms. The lowest BCUT2D eigenvalue weighted by molar-refractivity contribution is 0.630. The van der Waals surface area contributed by atoms with E-state index in [4.69, 9.17) is 11.6 Å². The summed E-state index contributed by atoms with van der Waals surface area (Å²) in [4.78, 5) is 0. The van der Waals surface area contributed by atoms with Gasteiger partial charge in [-0.2, -0.15) is 0 Å². The summed E-state index contributed by atoms with van der Waals surface area (Å²) in [5.74, 6) is -0.389. The molecule has 0 bridgehead atoms. The van der Waals surface area contributed by atoms with Crippen molar-refractivity contribution >= 4 is 27.5 Å². The third-order valence-electron chi connectivity index (χ3n) is 2.91. The predicted molar refractivity (Wildman–Crippen MR) is 81.9 cm³/mol. The molecule has 0 saturated carbocycles. The molecule has 1 nitrogen and oxygen atoms in total. The minimum absolute atomic E-state index is 0.121. The lowest BCUT2D eigenvalue weighted by atomic mass is 9.99. The van der Waals surface area contributed by atoms with E-state index in [1.54, 1.807) is 12.1 Å². The Morgan fingerprint density at radius 2 is 1.89 bits per heavy atom. The number of nitrogens with one attached hydrogen (secondary N) is 1. The Kier molecular flexibility index (Phi) is 4.97. The van der Waals surface area contributed by atoms with Crippen LogP contribution in [0.3, 0.4) is 0 Å².